The van der Waals surface area contributed by atoms with Crippen molar-refractivity contribution in [2.24, 2.45) is 11.7 Å². The smallest absolute Gasteiger partial charge is 0.367 e. The topological polar surface area (TPSA) is 90.7 Å². The van der Waals surface area contributed by atoms with Crippen LogP contribution < -0.4 is 21.3 Å². The van der Waals surface area contributed by atoms with Gasteiger partial charge in [-0.2, -0.15) is 13.2 Å². The van der Waals surface area contributed by atoms with E-state index < -0.39 is 35.7 Å². The van der Waals surface area contributed by atoms with Gasteiger partial charge in [-0.05, 0) is 43.5 Å². The number of piperazine rings is 1. The average Bonchev–Trinajstić information content (AvgIpc) is 2.93. The zero-order valence-corrected chi connectivity index (χ0v) is 23.1. The lowest BCUT2D eigenvalue weighted by molar-refractivity contribution is -0.138. The van der Waals surface area contributed by atoms with Crippen molar-refractivity contribution < 1.29 is 31.5 Å². The molecule has 4 N–H and O–H groups in total. The standard InChI is InChI=1S/C28H33ClF5N5O2/c29-19-5-7-22(23(15-19)39-12-10-38(11-13-39)9-8-28(32,33)34)37-27(41)21-6-4-18(24(30)25(21)31)16-36-26(40)17-2-1-3-20(35)14-17/h4-7,15,17,20H,1-3,8-14,16,35H2,(H,36,40)(H,37,41)/t17-,20+/m1/s1. The molecule has 1 saturated carbocycles. The first-order chi connectivity index (χ1) is 19.4. The van der Waals surface area contributed by atoms with Gasteiger partial charge in [-0.25, -0.2) is 8.78 Å². The number of hydrogen-bond donors (Lipinski definition) is 3. The van der Waals surface area contributed by atoms with Crippen molar-refractivity contribution in [1.82, 2.24) is 10.2 Å². The summed E-state index contributed by atoms with van der Waals surface area (Å²) >= 11 is 6.17. The maximum absolute atomic E-state index is 15.0. The Hall–Kier alpha value is -2.96. The Morgan fingerprint density at radius 2 is 1.76 bits per heavy atom. The number of rotatable bonds is 8. The molecular weight excluding hydrogens is 569 g/mol. The summed E-state index contributed by atoms with van der Waals surface area (Å²) in [5, 5.41) is 5.61. The van der Waals surface area contributed by atoms with Gasteiger partial charge in [0.1, 0.15) is 0 Å². The van der Waals surface area contributed by atoms with E-state index in [9.17, 15) is 31.5 Å². The summed E-state index contributed by atoms with van der Waals surface area (Å²) < 4.78 is 67.6. The number of hydrogen-bond acceptors (Lipinski definition) is 5. The van der Waals surface area contributed by atoms with Crippen LogP contribution in [0.25, 0.3) is 0 Å². The van der Waals surface area contributed by atoms with Gasteiger partial charge in [0, 0.05) is 61.8 Å². The predicted molar refractivity (Wildman–Crippen MR) is 147 cm³/mol. The van der Waals surface area contributed by atoms with Gasteiger partial charge in [-0.15, -0.1) is 0 Å². The zero-order valence-electron chi connectivity index (χ0n) is 22.4. The van der Waals surface area contributed by atoms with Crippen LogP contribution >= 0.6 is 11.6 Å². The van der Waals surface area contributed by atoms with Crippen molar-refractivity contribution in [1.29, 1.82) is 0 Å². The van der Waals surface area contributed by atoms with Crippen molar-refractivity contribution in [3.05, 3.63) is 58.1 Å². The van der Waals surface area contributed by atoms with E-state index in [1.54, 1.807) is 11.0 Å². The molecule has 41 heavy (non-hydrogen) atoms. The Kier molecular flexibility index (Phi) is 10.1. The molecular formula is C28H33ClF5N5O2. The first-order valence-electron chi connectivity index (χ1n) is 13.6. The van der Waals surface area contributed by atoms with Crippen LogP contribution in [-0.4, -0.2) is 61.7 Å². The Morgan fingerprint density at radius 3 is 2.44 bits per heavy atom. The predicted octanol–water partition coefficient (Wildman–Crippen LogP) is 5.08. The largest absolute Gasteiger partial charge is 0.390 e. The third kappa shape index (κ3) is 8.30. The number of anilines is 2. The molecule has 2 aromatic carbocycles. The molecule has 2 amide bonds. The van der Waals surface area contributed by atoms with E-state index in [4.69, 9.17) is 17.3 Å². The quantitative estimate of drug-likeness (QED) is 0.367. The number of amides is 2. The van der Waals surface area contributed by atoms with E-state index >= 15 is 0 Å². The highest BCUT2D eigenvalue weighted by Crippen LogP contribution is 2.32. The molecule has 0 radical (unpaired) electrons. The first kappa shape index (κ1) is 31.0. The summed E-state index contributed by atoms with van der Waals surface area (Å²) in [6.07, 6.45) is -2.20. The van der Waals surface area contributed by atoms with Crippen molar-refractivity contribution >= 4 is 34.8 Å². The van der Waals surface area contributed by atoms with Gasteiger partial charge < -0.3 is 21.3 Å². The lowest BCUT2D eigenvalue weighted by Gasteiger charge is -2.37. The van der Waals surface area contributed by atoms with Gasteiger partial charge >= 0.3 is 6.18 Å². The van der Waals surface area contributed by atoms with Crippen LogP contribution in [0.2, 0.25) is 5.02 Å². The normalized spacial score (nSPS) is 20.1. The Balaban J connectivity index is 1.40. The highest BCUT2D eigenvalue weighted by molar-refractivity contribution is 6.31. The second kappa shape index (κ2) is 13.3. The fourth-order valence-electron chi connectivity index (χ4n) is 5.25. The monoisotopic (exact) mass is 601 g/mol. The molecule has 1 aliphatic heterocycles. The summed E-state index contributed by atoms with van der Waals surface area (Å²) in [7, 11) is 0. The molecule has 0 unspecified atom stereocenters. The molecule has 13 heteroatoms. The molecule has 0 bridgehead atoms. The number of nitrogens with one attached hydrogen (secondary N) is 2. The number of nitrogens with two attached hydrogens (primary N) is 1. The highest BCUT2D eigenvalue weighted by atomic mass is 35.5. The first-order valence-corrected chi connectivity index (χ1v) is 13.9. The highest BCUT2D eigenvalue weighted by Gasteiger charge is 2.30. The lowest BCUT2D eigenvalue weighted by atomic mass is 9.85. The summed E-state index contributed by atoms with van der Waals surface area (Å²) in [5.41, 5.74) is 6.13. The molecule has 1 aliphatic carbocycles. The maximum Gasteiger partial charge on any atom is 0.390 e. The van der Waals surface area contributed by atoms with Crippen molar-refractivity contribution in [3.63, 3.8) is 0 Å². The van der Waals surface area contributed by atoms with Crippen LogP contribution in [0.1, 0.15) is 48.0 Å². The van der Waals surface area contributed by atoms with Crippen molar-refractivity contribution in [2.45, 2.75) is 50.9 Å². The van der Waals surface area contributed by atoms with E-state index in [-0.39, 0.29) is 36.5 Å². The summed E-state index contributed by atoms with van der Waals surface area (Å²) in [6, 6.07) is 7.01. The third-order valence-corrected chi connectivity index (χ3v) is 7.81. The van der Waals surface area contributed by atoms with E-state index in [1.807, 2.05) is 4.90 Å². The van der Waals surface area contributed by atoms with Crippen LogP contribution in [0.3, 0.4) is 0 Å². The summed E-state index contributed by atoms with van der Waals surface area (Å²) in [4.78, 5) is 29.0. The average molecular weight is 602 g/mol. The molecule has 224 valence electrons. The molecule has 2 atom stereocenters. The van der Waals surface area contributed by atoms with Crippen LogP contribution in [0.4, 0.5) is 33.3 Å². The van der Waals surface area contributed by atoms with Gasteiger partial charge in [0.25, 0.3) is 5.91 Å². The van der Waals surface area contributed by atoms with Gasteiger partial charge in [-0.3, -0.25) is 14.5 Å². The zero-order chi connectivity index (χ0) is 29.7. The Bertz CT molecular complexity index is 1250. The number of nitrogens with zero attached hydrogens (tertiary/aromatic N) is 2. The Labute approximate surface area is 240 Å². The molecule has 2 fully saturated rings. The number of benzene rings is 2. The van der Waals surface area contributed by atoms with Crippen LogP contribution in [-0.2, 0) is 11.3 Å². The number of carbonyl (C=O) groups excluding carboxylic acids is 2. The minimum atomic E-state index is -4.23. The number of carbonyl (C=O) groups is 2. The maximum atomic E-state index is 15.0. The third-order valence-electron chi connectivity index (χ3n) is 7.58. The fourth-order valence-corrected chi connectivity index (χ4v) is 5.42. The fraction of sp³-hybridized carbons (Fsp3) is 0.500. The Morgan fingerprint density at radius 1 is 1.02 bits per heavy atom. The molecule has 7 nitrogen and oxygen atoms in total. The molecule has 1 heterocycles. The second-order valence-electron chi connectivity index (χ2n) is 10.6. The lowest BCUT2D eigenvalue weighted by Crippen LogP contribution is -2.47. The van der Waals surface area contributed by atoms with Crippen molar-refractivity contribution in [3.8, 4) is 0 Å². The minimum absolute atomic E-state index is 0.0551. The summed E-state index contributed by atoms with van der Waals surface area (Å²) in [6.45, 7) is 1.19. The molecule has 4 rings (SSSR count). The van der Waals surface area contributed by atoms with Crippen LogP contribution in [0, 0.1) is 17.6 Å². The van der Waals surface area contributed by atoms with Gasteiger partial charge in [0.15, 0.2) is 11.6 Å². The minimum Gasteiger partial charge on any atom is -0.367 e. The number of alkyl halides is 3. The molecule has 2 aromatic rings. The van der Waals surface area contributed by atoms with E-state index in [2.05, 4.69) is 10.6 Å². The van der Waals surface area contributed by atoms with Gasteiger partial charge in [0.2, 0.25) is 5.91 Å². The van der Waals surface area contributed by atoms with Crippen LogP contribution in [0.5, 0.6) is 0 Å². The van der Waals surface area contributed by atoms with Crippen LogP contribution in [0.15, 0.2) is 30.3 Å². The van der Waals surface area contributed by atoms with Gasteiger partial charge in [0.05, 0.1) is 23.4 Å². The second-order valence-corrected chi connectivity index (χ2v) is 11.0. The molecule has 0 aromatic heterocycles. The van der Waals surface area contributed by atoms with E-state index in [1.165, 1.54) is 18.2 Å². The SMILES string of the molecule is N[C@H]1CCC[C@@H](C(=O)NCc2ccc(C(=O)Nc3ccc(Cl)cc3N3CCN(CCC(F)(F)F)CC3)c(F)c2F)C1. The van der Waals surface area contributed by atoms with Crippen molar-refractivity contribution in [2.75, 3.05) is 42.9 Å². The molecule has 2 aliphatic rings. The van der Waals surface area contributed by atoms with E-state index in [0.29, 0.717) is 55.4 Å². The molecule has 1 saturated heterocycles. The van der Waals surface area contributed by atoms with E-state index in [0.717, 1.165) is 18.9 Å². The van der Waals surface area contributed by atoms with Gasteiger partial charge in [-0.1, -0.05) is 24.1 Å². The number of halogens is 6. The molecule has 0 spiro atoms. The summed E-state index contributed by atoms with van der Waals surface area (Å²) in [5.74, 6) is -4.00.